The molecule has 0 amide bonds. The Bertz CT molecular complexity index is 746. The van der Waals surface area contributed by atoms with Crippen LogP contribution in [0, 0.1) is 25.5 Å². The molecule has 0 bridgehead atoms. The summed E-state index contributed by atoms with van der Waals surface area (Å²) in [7, 11) is 0. The Balaban J connectivity index is 2.03. The van der Waals surface area contributed by atoms with Crippen molar-refractivity contribution in [3.63, 3.8) is 0 Å². The average molecular weight is 302 g/mol. The lowest BCUT2D eigenvalue weighted by Crippen LogP contribution is -1.88. The lowest BCUT2D eigenvalue weighted by atomic mass is 10.1. The molecular weight excluding hydrogens is 290 g/mol. The molecule has 0 aliphatic rings. The second-order valence-electron chi connectivity index (χ2n) is 4.84. The predicted molar refractivity (Wildman–Crippen MR) is 80.2 cm³/mol. The van der Waals surface area contributed by atoms with Gasteiger partial charge in [0.25, 0.3) is 0 Å². The first kappa shape index (κ1) is 13.8. The third kappa shape index (κ3) is 2.69. The van der Waals surface area contributed by atoms with Gasteiger partial charge in [-0.15, -0.1) is 0 Å². The van der Waals surface area contributed by atoms with Crippen LogP contribution in [0.5, 0.6) is 0 Å². The Labute approximate surface area is 125 Å². The molecule has 0 saturated heterocycles. The summed E-state index contributed by atoms with van der Waals surface area (Å²) in [5.74, 6) is 0.0210. The topological polar surface area (TPSA) is 25.8 Å². The van der Waals surface area contributed by atoms with Crippen LogP contribution in [0.1, 0.15) is 11.1 Å². The van der Waals surface area contributed by atoms with E-state index < -0.39 is 0 Å². The molecule has 106 valence electrons. The minimum absolute atomic E-state index is 0.268. The van der Waals surface area contributed by atoms with Gasteiger partial charge in [-0.2, -0.15) is 4.37 Å². The summed E-state index contributed by atoms with van der Waals surface area (Å²) in [6.45, 7) is 3.66. The molecule has 5 heteroatoms. The Hall–Kier alpha value is -2.14. The zero-order valence-electron chi connectivity index (χ0n) is 11.5. The SMILES string of the molecule is Cc1cc(F)ccc1-c1nsc(-c2ccc(F)cc2C)n1. The number of hydrogen-bond acceptors (Lipinski definition) is 3. The van der Waals surface area contributed by atoms with Crippen LogP contribution in [0.4, 0.5) is 8.78 Å². The van der Waals surface area contributed by atoms with E-state index in [9.17, 15) is 8.78 Å². The molecule has 1 aromatic heterocycles. The van der Waals surface area contributed by atoms with Crippen molar-refractivity contribution in [3.8, 4) is 22.0 Å². The summed E-state index contributed by atoms with van der Waals surface area (Å²) in [5.41, 5.74) is 3.27. The summed E-state index contributed by atoms with van der Waals surface area (Å²) in [4.78, 5) is 4.49. The zero-order valence-corrected chi connectivity index (χ0v) is 12.3. The van der Waals surface area contributed by atoms with Gasteiger partial charge in [-0.1, -0.05) is 0 Å². The fourth-order valence-corrected chi connectivity index (χ4v) is 2.95. The first-order valence-electron chi connectivity index (χ1n) is 6.41. The number of aryl methyl sites for hydroxylation is 2. The van der Waals surface area contributed by atoms with Gasteiger partial charge in [-0.25, -0.2) is 13.8 Å². The van der Waals surface area contributed by atoms with Crippen molar-refractivity contribution >= 4 is 11.5 Å². The minimum Gasteiger partial charge on any atom is -0.215 e. The predicted octanol–water partition coefficient (Wildman–Crippen LogP) is 4.77. The molecule has 3 aromatic rings. The van der Waals surface area contributed by atoms with E-state index >= 15 is 0 Å². The molecule has 0 aliphatic heterocycles. The highest BCUT2D eigenvalue weighted by Gasteiger charge is 2.12. The van der Waals surface area contributed by atoms with E-state index in [4.69, 9.17) is 0 Å². The molecule has 2 nitrogen and oxygen atoms in total. The second kappa shape index (κ2) is 5.33. The zero-order chi connectivity index (χ0) is 15.0. The van der Waals surface area contributed by atoms with Crippen LogP contribution in [0.2, 0.25) is 0 Å². The van der Waals surface area contributed by atoms with Crippen molar-refractivity contribution in [2.45, 2.75) is 13.8 Å². The van der Waals surface area contributed by atoms with Gasteiger partial charge in [0.15, 0.2) is 5.82 Å². The van der Waals surface area contributed by atoms with Gasteiger partial charge in [-0.05, 0) is 72.9 Å². The van der Waals surface area contributed by atoms with Crippen LogP contribution < -0.4 is 0 Å². The van der Waals surface area contributed by atoms with Gasteiger partial charge in [-0.3, -0.25) is 0 Å². The molecular formula is C16H12F2N2S. The molecule has 21 heavy (non-hydrogen) atoms. The summed E-state index contributed by atoms with van der Waals surface area (Å²) in [5, 5.41) is 0.728. The Morgan fingerprint density at radius 3 is 2.00 bits per heavy atom. The van der Waals surface area contributed by atoms with Crippen LogP contribution in [0.15, 0.2) is 36.4 Å². The number of rotatable bonds is 2. The van der Waals surface area contributed by atoms with E-state index in [1.807, 2.05) is 13.8 Å². The smallest absolute Gasteiger partial charge is 0.173 e. The van der Waals surface area contributed by atoms with Crippen LogP contribution in [0.25, 0.3) is 22.0 Å². The van der Waals surface area contributed by atoms with E-state index in [1.165, 1.54) is 35.8 Å². The molecule has 0 saturated carbocycles. The fourth-order valence-electron chi connectivity index (χ4n) is 2.19. The summed E-state index contributed by atoms with van der Waals surface area (Å²) in [6, 6.07) is 9.11. The van der Waals surface area contributed by atoms with Gasteiger partial charge in [0, 0.05) is 11.1 Å². The minimum atomic E-state index is -0.277. The lowest BCUT2D eigenvalue weighted by Gasteiger charge is -2.02. The second-order valence-corrected chi connectivity index (χ2v) is 5.59. The number of benzene rings is 2. The van der Waals surface area contributed by atoms with E-state index in [2.05, 4.69) is 9.36 Å². The van der Waals surface area contributed by atoms with Crippen molar-refractivity contribution in [1.29, 1.82) is 0 Å². The van der Waals surface area contributed by atoms with Gasteiger partial charge in [0.2, 0.25) is 0 Å². The molecule has 0 N–H and O–H groups in total. The van der Waals surface area contributed by atoms with Gasteiger partial charge >= 0.3 is 0 Å². The van der Waals surface area contributed by atoms with Crippen molar-refractivity contribution in [2.75, 3.05) is 0 Å². The quantitative estimate of drug-likeness (QED) is 0.681. The molecule has 2 aromatic carbocycles. The maximum atomic E-state index is 13.2. The molecule has 0 fully saturated rings. The van der Waals surface area contributed by atoms with Gasteiger partial charge in [0.05, 0.1) is 0 Å². The molecule has 0 radical (unpaired) electrons. The molecule has 3 rings (SSSR count). The molecule has 0 atom stereocenters. The standard InChI is InChI=1S/C16H12F2N2S/c1-9-7-11(17)3-5-13(9)15-19-16(21-20-15)14-6-4-12(18)8-10(14)2/h3-8H,1-2H3. The maximum absolute atomic E-state index is 13.2. The highest BCUT2D eigenvalue weighted by Crippen LogP contribution is 2.30. The van der Waals surface area contributed by atoms with E-state index in [1.54, 1.807) is 12.1 Å². The summed E-state index contributed by atoms with van der Waals surface area (Å²) < 4.78 is 30.6. The molecule has 0 spiro atoms. The van der Waals surface area contributed by atoms with Crippen molar-refractivity contribution in [3.05, 3.63) is 59.2 Å². The van der Waals surface area contributed by atoms with Gasteiger partial charge in [0.1, 0.15) is 16.6 Å². The molecule has 1 heterocycles. The Morgan fingerprint density at radius 1 is 0.857 bits per heavy atom. The highest BCUT2D eigenvalue weighted by molar-refractivity contribution is 7.09. The summed E-state index contributed by atoms with van der Waals surface area (Å²) >= 11 is 1.25. The lowest BCUT2D eigenvalue weighted by molar-refractivity contribution is 0.626. The van der Waals surface area contributed by atoms with Crippen molar-refractivity contribution in [1.82, 2.24) is 9.36 Å². The van der Waals surface area contributed by atoms with Crippen LogP contribution >= 0.6 is 11.5 Å². The molecule has 0 aliphatic carbocycles. The molecule has 0 unspecified atom stereocenters. The van der Waals surface area contributed by atoms with Gasteiger partial charge < -0.3 is 0 Å². The van der Waals surface area contributed by atoms with Crippen LogP contribution in [-0.4, -0.2) is 9.36 Å². The first-order chi connectivity index (χ1) is 10.0. The first-order valence-corrected chi connectivity index (χ1v) is 7.18. The maximum Gasteiger partial charge on any atom is 0.173 e. The third-order valence-electron chi connectivity index (χ3n) is 3.27. The van der Waals surface area contributed by atoms with E-state index in [0.29, 0.717) is 5.82 Å². The highest BCUT2D eigenvalue weighted by atomic mass is 32.1. The monoisotopic (exact) mass is 302 g/mol. The third-order valence-corrected chi connectivity index (χ3v) is 4.02. The normalized spacial score (nSPS) is 10.9. The number of hydrogen-bond donors (Lipinski definition) is 0. The van der Waals surface area contributed by atoms with E-state index in [0.717, 1.165) is 27.3 Å². The van der Waals surface area contributed by atoms with E-state index in [-0.39, 0.29) is 11.6 Å². The van der Waals surface area contributed by atoms with Crippen LogP contribution in [-0.2, 0) is 0 Å². The number of halogens is 2. The number of aromatic nitrogens is 2. The average Bonchev–Trinajstić information content (AvgIpc) is 2.87. The number of nitrogens with zero attached hydrogens (tertiary/aromatic N) is 2. The van der Waals surface area contributed by atoms with Crippen LogP contribution in [0.3, 0.4) is 0 Å². The van der Waals surface area contributed by atoms with Crippen molar-refractivity contribution < 1.29 is 8.78 Å². The largest absolute Gasteiger partial charge is 0.215 e. The Morgan fingerprint density at radius 2 is 1.43 bits per heavy atom. The Kier molecular flexibility index (Phi) is 3.51. The summed E-state index contributed by atoms with van der Waals surface area (Å²) in [6.07, 6.45) is 0. The fraction of sp³-hybridized carbons (Fsp3) is 0.125. The van der Waals surface area contributed by atoms with Crippen molar-refractivity contribution in [2.24, 2.45) is 0 Å².